The van der Waals surface area contributed by atoms with Gasteiger partial charge in [0.25, 0.3) is 11.6 Å². The van der Waals surface area contributed by atoms with Crippen LogP contribution in [0.1, 0.15) is 47.1 Å². The van der Waals surface area contributed by atoms with Crippen LogP contribution in [0.2, 0.25) is 0 Å². The highest BCUT2D eigenvalue weighted by molar-refractivity contribution is 5.94. The molecule has 1 spiro atoms. The maximum absolute atomic E-state index is 13.3. The van der Waals surface area contributed by atoms with E-state index < -0.39 is 10.3 Å². The lowest BCUT2D eigenvalue weighted by Gasteiger charge is -2.59. The number of aromatic hydroxyl groups is 1. The van der Waals surface area contributed by atoms with Gasteiger partial charge in [0.1, 0.15) is 6.10 Å². The number of ether oxygens (including phenoxy) is 1. The molecule has 2 fully saturated rings. The first-order valence-corrected chi connectivity index (χ1v) is 12.9. The van der Waals surface area contributed by atoms with Gasteiger partial charge in [-0.3, -0.25) is 14.9 Å². The number of nitro benzene ring substituents is 1. The summed E-state index contributed by atoms with van der Waals surface area (Å²) < 4.78 is 6.52. The van der Waals surface area contributed by atoms with Crippen LogP contribution >= 0.6 is 0 Å². The molecule has 4 aliphatic rings. The second-order valence-electron chi connectivity index (χ2n) is 11.2. The van der Waals surface area contributed by atoms with Gasteiger partial charge in [-0.05, 0) is 82.3 Å². The standard InChI is InChI=1S/C29H31N3O5/c1-16-5-6-18(13-17(16)2)7-10-25(34)31(4)21-9-8-20-23-14-19-22(32(35)36)15-24(33)27-26(19)29(20,28(21)37-27)11-12-30(23)3/h5-6,13,15,20-21,23,28,33H,8-9,11-12,14H2,1-4H3/t20-,21-,23+,28-,29-/m0/s1. The molecule has 1 saturated carbocycles. The lowest BCUT2D eigenvalue weighted by atomic mass is 9.51. The zero-order valence-electron chi connectivity index (χ0n) is 21.6. The van der Waals surface area contributed by atoms with Crippen molar-refractivity contribution in [1.82, 2.24) is 9.80 Å². The average Bonchev–Trinajstić information content (AvgIpc) is 3.22. The van der Waals surface area contributed by atoms with Crippen LogP contribution in [0.25, 0.3) is 0 Å². The Bertz CT molecular complexity index is 1410. The van der Waals surface area contributed by atoms with E-state index in [-0.39, 0.29) is 41.4 Å². The molecule has 2 aromatic carbocycles. The van der Waals surface area contributed by atoms with Gasteiger partial charge in [-0.2, -0.15) is 0 Å². The predicted molar refractivity (Wildman–Crippen MR) is 138 cm³/mol. The quantitative estimate of drug-likeness (QED) is 0.385. The van der Waals surface area contributed by atoms with Gasteiger partial charge >= 0.3 is 0 Å². The number of benzene rings is 2. The molecule has 2 aliphatic carbocycles. The van der Waals surface area contributed by atoms with Crippen LogP contribution in [-0.2, 0) is 16.6 Å². The lowest BCUT2D eigenvalue weighted by Crippen LogP contribution is -2.68. The molecule has 0 aromatic heterocycles. The molecule has 5 atom stereocenters. The first kappa shape index (κ1) is 23.8. The minimum absolute atomic E-state index is 0.0376. The molecule has 1 amide bonds. The van der Waals surface area contributed by atoms with Crippen LogP contribution in [0, 0.1) is 41.7 Å². The smallest absolute Gasteiger partial charge is 0.298 e. The number of nitrogens with zero attached hydrogens (tertiary/aromatic N) is 3. The zero-order valence-corrected chi connectivity index (χ0v) is 21.6. The fraction of sp³-hybridized carbons (Fsp3) is 0.483. The number of likely N-dealkylation sites (tertiary alicyclic amines) is 1. The van der Waals surface area contributed by atoms with E-state index >= 15 is 0 Å². The van der Waals surface area contributed by atoms with E-state index in [9.17, 15) is 20.0 Å². The Labute approximate surface area is 216 Å². The number of carbonyl (C=O) groups is 1. The van der Waals surface area contributed by atoms with E-state index in [1.54, 1.807) is 11.9 Å². The third-order valence-electron chi connectivity index (χ3n) is 9.50. The molecular formula is C29H31N3O5. The van der Waals surface area contributed by atoms with Gasteiger partial charge in [-0.25, -0.2) is 0 Å². The highest BCUT2D eigenvalue weighted by Crippen LogP contribution is 2.65. The summed E-state index contributed by atoms with van der Waals surface area (Å²) in [5, 5.41) is 22.8. The number of hydrogen-bond acceptors (Lipinski definition) is 6. The van der Waals surface area contributed by atoms with Gasteiger partial charge in [0, 0.05) is 41.1 Å². The molecule has 2 heterocycles. The van der Waals surface area contributed by atoms with Gasteiger partial charge in [0.05, 0.1) is 17.0 Å². The Hall–Kier alpha value is -3.57. The Kier molecular flexibility index (Phi) is 5.29. The summed E-state index contributed by atoms with van der Waals surface area (Å²) in [5.41, 5.74) is 4.08. The van der Waals surface area contributed by atoms with Gasteiger partial charge in [0.2, 0.25) is 0 Å². The van der Waals surface area contributed by atoms with Crippen LogP contribution in [0.3, 0.4) is 0 Å². The molecule has 2 bridgehead atoms. The van der Waals surface area contributed by atoms with Crippen LogP contribution in [0.4, 0.5) is 5.69 Å². The molecular weight excluding hydrogens is 470 g/mol. The van der Waals surface area contributed by atoms with Gasteiger partial charge in [0.15, 0.2) is 11.5 Å². The summed E-state index contributed by atoms with van der Waals surface area (Å²) in [6.45, 7) is 4.90. The Morgan fingerprint density at radius 1 is 1.27 bits per heavy atom. The highest BCUT2D eigenvalue weighted by Gasteiger charge is 2.67. The van der Waals surface area contributed by atoms with Crippen molar-refractivity contribution in [2.24, 2.45) is 5.92 Å². The Balaban J connectivity index is 1.39. The van der Waals surface area contributed by atoms with Gasteiger partial charge in [-0.1, -0.05) is 12.0 Å². The molecule has 192 valence electrons. The normalized spacial score (nSPS) is 29.0. The summed E-state index contributed by atoms with van der Waals surface area (Å²) in [6.07, 6.45) is 2.58. The maximum atomic E-state index is 13.3. The second kappa shape index (κ2) is 8.22. The summed E-state index contributed by atoms with van der Waals surface area (Å²) in [6, 6.07) is 7.04. The number of hydrogen-bond donors (Lipinski definition) is 1. The van der Waals surface area contributed by atoms with Crippen LogP contribution < -0.4 is 4.74 Å². The fourth-order valence-corrected chi connectivity index (χ4v) is 7.52. The summed E-state index contributed by atoms with van der Waals surface area (Å²) in [7, 11) is 3.86. The SMILES string of the molecule is Cc1ccc(C#CC(=O)N(C)[C@H]2CC[C@H]3[C@H]4Cc5c([N+](=O)[O-])cc(O)c6c5[C@@]3(CCN4C)[C@H]2O6)cc1C. The lowest BCUT2D eigenvalue weighted by molar-refractivity contribution is -0.385. The van der Waals surface area contributed by atoms with Gasteiger partial charge < -0.3 is 19.6 Å². The number of phenolic OH excluding ortho intramolecular Hbond substituents is 1. The number of rotatable bonds is 2. The zero-order chi connectivity index (χ0) is 26.2. The van der Waals surface area contributed by atoms with Crippen molar-refractivity contribution in [2.75, 3.05) is 20.6 Å². The van der Waals surface area contributed by atoms with E-state index in [0.717, 1.165) is 42.5 Å². The van der Waals surface area contributed by atoms with E-state index in [0.29, 0.717) is 17.7 Å². The molecule has 37 heavy (non-hydrogen) atoms. The average molecular weight is 502 g/mol. The van der Waals surface area contributed by atoms with Crippen molar-refractivity contribution in [1.29, 1.82) is 0 Å². The topological polar surface area (TPSA) is 96.2 Å². The third kappa shape index (κ3) is 3.30. The van der Waals surface area contributed by atoms with E-state index in [1.165, 1.54) is 11.6 Å². The van der Waals surface area contributed by atoms with E-state index in [1.807, 2.05) is 32.0 Å². The van der Waals surface area contributed by atoms with Crippen LogP contribution in [-0.4, -0.2) is 64.6 Å². The molecule has 2 aliphatic heterocycles. The number of nitro groups is 1. The van der Waals surface area contributed by atoms with E-state index in [2.05, 4.69) is 23.8 Å². The molecule has 1 N–H and O–H groups in total. The minimum Gasteiger partial charge on any atom is -0.504 e. The van der Waals surface area contributed by atoms with Crippen LogP contribution in [0.5, 0.6) is 11.5 Å². The molecule has 8 nitrogen and oxygen atoms in total. The molecule has 1 saturated heterocycles. The van der Waals surface area contributed by atoms with E-state index in [4.69, 9.17) is 4.74 Å². The Morgan fingerprint density at radius 2 is 2.05 bits per heavy atom. The third-order valence-corrected chi connectivity index (χ3v) is 9.50. The molecule has 6 rings (SSSR count). The van der Waals surface area contributed by atoms with Crippen molar-refractivity contribution in [3.05, 3.63) is 62.2 Å². The Morgan fingerprint density at radius 3 is 2.78 bits per heavy atom. The number of likely N-dealkylation sites (N-methyl/N-ethyl adjacent to an activating group) is 2. The van der Waals surface area contributed by atoms with Crippen molar-refractivity contribution in [3.8, 4) is 23.3 Å². The monoisotopic (exact) mass is 501 g/mol. The summed E-state index contributed by atoms with van der Waals surface area (Å²) in [4.78, 5) is 28.8. The predicted octanol–water partition coefficient (Wildman–Crippen LogP) is 3.46. The second-order valence-corrected chi connectivity index (χ2v) is 11.2. The van der Waals surface area contributed by atoms with Crippen LogP contribution in [0.15, 0.2) is 24.3 Å². The molecule has 8 heteroatoms. The number of aryl methyl sites for hydroxylation is 2. The number of carbonyl (C=O) groups excluding carboxylic acids is 1. The highest BCUT2D eigenvalue weighted by atomic mass is 16.6. The number of amides is 1. The molecule has 2 aromatic rings. The van der Waals surface area contributed by atoms with Crippen molar-refractivity contribution < 1.29 is 19.6 Å². The first-order valence-electron chi connectivity index (χ1n) is 12.9. The van der Waals surface area contributed by atoms with Gasteiger partial charge in [-0.15, -0.1) is 0 Å². The van der Waals surface area contributed by atoms with Crippen molar-refractivity contribution >= 4 is 11.6 Å². The molecule has 0 radical (unpaired) electrons. The largest absolute Gasteiger partial charge is 0.504 e. The number of phenols is 1. The first-order chi connectivity index (χ1) is 17.6. The maximum Gasteiger partial charge on any atom is 0.298 e. The summed E-state index contributed by atoms with van der Waals surface area (Å²) in [5.74, 6) is 5.96. The molecule has 0 unspecified atom stereocenters. The number of piperidine rings is 1. The minimum atomic E-state index is -0.470. The van der Waals surface area contributed by atoms with Crippen molar-refractivity contribution in [2.45, 2.75) is 63.1 Å². The summed E-state index contributed by atoms with van der Waals surface area (Å²) >= 11 is 0. The fourth-order valence-electron chi connectivity index (χ4n) is 7.52. The van der Waals surface area contributed by atoms with Crippen molar-refractivity contribution in [3.63, 3.8) is 0 Å².